The van der Waals surface area contributed by atoms with Gasteiger partial charge in [0, 0.05) is 11.0 Å². The molecule has 1 aliphatic rings. The van der Waals surface area contributed by atoms with E-state index in [0.717, 1.165) is 51.0 Å². The van der Waals surface area contributed by atoms with Gasteiger partial charge < -0.3 is 9.67 Å². The van der Waals surface area contributed by atoms with E-state index in [-0.39, 0.29) is 5.75 Å². The summed E-state index contributed by atoms with van der Waals surface area (Å²) in [5, 5.41) is 11.1. The molecule has 6 rings (SSSR count). The highest BCUT2D eigenvalue weighted by atomic mass is 19.4. The van der Waals surface area contributed by atoms with Crippen molar-refractivity contribution in [1.82, 2.24) is 4.57 Å². The number of allylic oxidation sites excluding steroid dienone is 1. The van der Waals surface area contributed by atoms with Crippen molar-refractivity contribution >= 4 is 16.5 Å². The van der Waals surface area contributed by atoms with Crippen LogP contribution in [0, 0.1) is 6.92 Å². The number of phenols is 1. The molecule has 0 radical (unpaired) electrons. The first-order valence-corrected chi connectivity index (χ1v) is 11.7. The molecule has 1 aliphatic heterocycles. The zero-order chi connectivity index (χ0) is 25.1. The molecule has 0 fully saturated rings. The molecule has 36 heavy (non-hydrogen) atoms. The first-order valence-electron chi connectivity index (χ1n) is 11.7. The van der Waals surface area contributed by atoms with E-state index >= 15 is 0 Å². The molecule has 5 heteroatoms. The molecular formula is C31H22F3NO. The van der Waals surface area contributed by atoms with Gasteiger partial charge in [0.25, 0.3) is 0 Å². The van der Waals surface area contributed by atoms with Crippen molar-refractivity contribution in [1.29, 1.82) is 0 Å². The van der Waals surface area contributed by atoms with Crippen LogP contribution in [0.3, 0.4) is 0 Å². The van der Waals surface area contributed by atoms with Crippen LogP contribution in [0.4, 0.5) is 13.2 Å². The van der Waals surface area contributed by atoms with Crippen LogP contribution >= 0.6 is 0 Å². The van der Waals surface area contributed by atoms with Crippen LogP contribution in [0.15, 0.2) is 109 Å². The van der Waals surface area contributed by atoms with Crippen LogP contribution in [0.5, 0.6) is 5.75 Å². The molecule has 4 aromatic carbocycles. The molecule has 0 saturated carbocycles. The quantitative estimate of drug-likeness (QED) is 0.278. The van der Waals surface area contributed by atoms with Crippen molar-refractivity contribution in [2.75, 3.05) is 0 Å². The highest BCUT2D eigenvalue weighted by Crippen LogP contribution is 2.51. The minimum atomic E-state index is -4.40. The number of alkyl halides is 3. The van der Waals surface area contributed by atoms with E-state index in [1.165, 1.54) is 0 Å². The van der Waals surface area contributed by atoms with Gasteiger partial charge in [0.1, 0.15) is 11.3 Å². The number of halogens is 3. The number of aryl methyl sites for hydroxylation is 1. The van der Waals surface area contributed by atoms with Gasteiger partial charge in [-0.05, 0) is 65.6 Å². The molecular weight excluding hydrogens is 459 g/mol. The van der Waals surface area contributed by atoms with Crippen LogP contribution in [-0.2, 0) is 11.7 Å². The van der Waals surface area contributed by atoms with Gasteiger partial charge in [-0.3, -0.25) is 0 Å². The Bertz CT molecular complexity index is 1610. The van der Waals surface area contributed by atoms with Crippen molar-refractivity contribution in [3.05, 3.63) is 143 Å². The normalized spacial score (nSPS) is 17.3. The van der Waals surface area contributed by atoms with Crippen LogP contribution < -0.4 is 0 Å². The van der Waals surface area contributed by atoms with E-state index in [0.29, 0.717) is 5.56 Å². The van der Waals surface area contributed by atoms with Gasteiger partial charge in [-0.1, -0.05) is 72.8 Å². The van der Waals surface area contributed by atoms with E-state index in [1.807, 2.05) is 42.5 Å². The van der Waals surface area contributed by atoms with Crippen molar-refractivity contribution in [2.24, 2.45) is 0 Å². The zero-order valence-corrected chi connectivity index (χ0v) is 19.4. The van der Waals surface area contributed by atoms with E-state index in [9.17, 15) is 18.3 Å². The van der Waals surface area contributed by atoms with Crippen molar-refractivity contribution in [2.45, 2.75) is 18.6 Å². The lowest BCUT2D eigenvalue weighted by Crippen LogP contribution is -2.32. The molecule has 2 heterocycles. The Labute approximate surface area is 206 Å². The molecule has 1 N–H and O–H groups in total. The average Bonchev–Trinajstić information content (AvgIpc) is 3.40. The second kappa shape index (κ2) is 7.89. The van der Waals surface area contributed by atoms with Gasteiger partial charge in [0.05, 0.1) is 16.8 Å². The monoisotopic (exact) mass is 481 g/mol. The van der Waals surface area contributed by atoms with Gasteiger partial charge in [-0.2, -0.15) is 13.2 Å². The third kappa shape index (κ3) is 3.19. The molecule has 0 bridgehead atoms. The second-order valence-corrected chi connectivity index (χ2v) is 9.14. The zero-order valence-electron chi connectivity index (χ0n) is 19.4. The summed E-state index contributed by atoms with van der Waals surface area (Å²) in [5.41, 5.74) is 5.16. The van der Waals surface area contributed by atoms with E-state index in [2.05, 4.69) is 41.8 Å². The molecule has 5 aromatic rings. The Balaban J connectivity index is 1.72. The SMILES string of the molecule is Cc1c2n(c3ccccc13)C(c1ccccc1)(c1ccc(O)cc1)C=C2c1ccc(C(F)(F)F)cc1. The van der Waals surface area contributed by atoms with Crippen molar-refractivity contribution in [3.8, 4) is 5.75 Å². The second-order valence-electron chi connectivity index (χ2n) is 9.14. The molecule has 1 atom stereocenters. The highest BCUT2D eigenvalue weighted by Gasteiger charge is 2.43. The van der Waals surface area contributed by atoms with E-state index in [4.69, 9.17) is 0 Å². The number of para-hydroxylation sites is 1. The summed E-state index contributed by atoms with van der Waals surface area (Å²) in [4.78, 5) is 0. The molecule has 0 aliphatic carbocycles. The van der Waals surface area contributed by atoms with E-state index < -0.39 is 17.3 Å². The maximum Gasteiger partial charge on any atom is 0.416 e. The van der Waals surface area contributed by atoms with Crippen molar-refractivity contribution in [3.63, 3.8) is 0 Å². The minimum absolute atomic E-state index is 0.167. The molecule has 0 spiro atoms. The molecule has 0 amide bonds. The Morgan fingerprint density at radius 3 is 2.00 bits per heavy atom. The Morgan fingerprint density at radius 1 is 0.722 bits per heavy atom. The predicted molar refractivity (Wildman–Crippen MR) is 136 cm³/mol. The lowest BCUT2D eigenvalue weighted by atomic mass is 9.81. The lowest BCUT2D eigenvalue weighted by Gasteiger charge is -2.33. The number of hydrogen-bond donors (Lipinski definition) is 1. The number of nitrogens with zero attached hydrogens (tertiary/aromatic N) is 1. The van der Waals surface area contributed by atoms with Gasteiger partial charge in [-0.15, -0.1) is 0 Å². The summed E-state index contributed by atoms with van der Waals surface area (Å²) in [7, 11) is 0. The highest BCUT2D eigenvalue weighted by molar-refractivity contribution is 5.97. The maximum absolute atomic E-state index is 13.3. The maximum atomic E-state index is 13.3. The number of aromatic nitrogens is 1. The third-order valence-corrected chi connectivity index (χ3v) is 7.13. The summed E-state index contributed by atoms with van der Waals surface area (Å²) < 4.78 is 42.2. The smallest absolute Gasteiger partial charge is 0.416 e. The molecule has 1 aromatic heterocycles. The first-order chi connectivity index (χ1) is 17.3. The topological polar surface area (TPSA) is 25.2 Å². The standard InChI is InChI=1S/C31H22F3NO/c1-20-26-9-5-6-10-28(26)35-29(20)27(21-11-13-24(14-12-21)31(32,33)34)19-30(35,22-7-3-2-4-8-22)23-15-17-25(36)18-16-23/h2-19,36H,1H3. The number of benzene rings is 4. The number of phenolic OH excluding ortho intramolecular Hbond substituents is 1. The number of hydrogen-bond acceptors (Lipinski definition) is 1. The fourth-order valence-corrected chi connectivity index (χ4v) is 5.49. The largest absolute Gasteiger partial charge is 0.508 e. The fourth-order valence-electron chi connectivity index (χ4n) is 5.49. The van der Waals surface area contributed by atoms with E-state index in [1.54, 1.807) is 24.3 Å². The van der Waals surface area contributed by atoms with Crippen LogP contribution in [-0.4, -0.2) is 9.67 Å². The third-order valence-electron chi connectivity index (χ3n) is 7.13. The summed E-state index contributed by atoms with van der Waals surface area (Å²) in [6, 6.07) is 30.7. The lowest BCUT2D eigenvalue weighted by molar-refractivity contribution is -0.137. The molecule has 1 unspecified atom stereocenters. The van der Waals surface area contributed by atoms with Gasteiger partial charge in [0.15, 0.2) is 0 Å². The van der Waals surface area contributed by atoms with Crippen LogP contribution in [0.25, 0.3) is 16.5 Å². The van der Waals surface area contributed by atoms with Crippen LogP contribution in [0.1, 0.15) is 33.5 Å². The number of rotatable bonds is 3. The summed E-state index contributed by atoms with van der Waals surface area (Å²) in [5.74, 6) is 0.167. The van der Waals surface area contributed by atoms with Gasteiger partial charge in [0.2, 0.25) is 0 Å². The number of aromatic hydroxyl groups is 1. The first kappa shape index (κ1) is 22.2. The Kier molecular flexibility index (Phi) is 4.87. The van der Waals surface area contributed by atoms with Crippen molar-refractivity contribution < 1.29 is 18.3 Å². The molecule has 0 saturated heterocycles. The van der Waals surface area contributed by atoms with Gasteiger partial charge in [-0.25, -0.2) is 0 Å². The Morgan fingerprint density at radius 2 is 1.33 bits per heavy atom. The molecule has 2 nitrogen and oxygen atoms in total. The molecule has 178 valence electrons. The van der Waals surface area contributed by atoms with Gasteiger partial charge >= 0.3 is 6.18 Å². The Hall–Kier alpha value is -4.25. The minimum Gasteiger partial charge on any atom is -0.508 e. The summed E-state index contributed by atoms with van der Waals surface area (Å²) in [6.45, 7) is 2.06. The summed E-state index contributed by atoms with van der Waals surface area (Å²) >= 11 is 0. The predicted octanol–water partition coefficient (Wildman–Crippen LogP) is 7.91. The summed E-state index contributed by atoms with van der Waals surface area (Å²) in [6.07, 6.45) is -2.25. The number of fused-ring (bicyclic) bond motifs is 3. The fraction of sp³-hybridized carbons (Fsp3) is 0.0968. The average molecular weight is 482 g/mol. The van der Waals surface area contributed by atoms with Crippen LogP contribution in [0.2, 0.25) is 0 Å².